The zero-order valence-electron chi connectivity index (χ0n) is 12.6. The second-order valence-corrected chi connectivity index (χ2v) is 6.24. The monoisotopic (exact) mass is 344 g/mol. The van der Waals surface area contributed by atoms with Gasteiger partial charge in [0.25, 0.3) is 0 Å². The Kier molecular flexibility index (Phi) is 6.53. The van der Waals surface area contributed by atoms with Crippen LogP contribution in [-0.4, -0.2) is 17.5 Å². The number of halogens is 3. The second kappa shape index (κ2) is 8.40. The van der Waals surface area contributed by atoms with Gasteiger partial charge in [-0.1, -0.05) is 23.9 Å². The summed E-state index contributed by atoms with van der Waals surface area (Å²) in [6.45, 7) is 0.921. The first-order valence-electron chi connectivity index (χ1n) is 7.33. The quantitative estimate of drug-likeness (QED) is 0.749. The molecule has 0 atom stereocenters. The molecule has 23 heavy (non-hydrogen) atoms. The van der Waals surface area contributed by atoms with Crippen molar-refractivity contribution in [3.8, 4) is 0 Å². The molecule has 2 N–H and O–H groups in total. The van der Waals surface area contributed by atoms with E-state index in [1.54, 1.807) is 11.8 Å². The number of unbranched alkanes of at least 4 members (excludes halogenated alkanes) is 1. The normalized spacial score (nSPS) is 15.3. The Balaban J connectivity index is 1.60. The Labute approximate surface area is 137 Å². The number of aliphatic imine (C=N–C) groups is 1. The van der Waals surface area contributed by atoms with Crippen molar-refractivity contribution >= 4 is 16.9 Å². The van der Waals surface area contributed by atoms with E-state index < -0.39 is 11.7 Å². The van der Waals surface area contributed by atoms with E-state index in [1.165, 1.54) is 17.7 Å². The number of rotatable bonds is 7. The minimum atomic E-state index is -4.29. The third-order valence-corrected chi connectivity index (χ3v) is 4.28. The van der Waals surface area contributed by atoms with Gasteiger partial charge in [0.1, 0.15) is 0 Å². The highest BCUT2D eigenvalue weighted by molar-refractivity contribution is 8.14. The van der Waals surface area contributed by atoms with Gasteiger partial charge < -0.3 is 10.5 Å². The third-order valence-electron chi connectivity index (χ3n) is 3.37. The topological polar surface area (TPSA) is 47.6 Å². The average Bonchev–Trinajstić information content (AvgIpc) is 2.52. The predicted octanol–water partition coefficient (Wildman–Crippen LogP) is 4.34. The molecule has 0 radical (unpaired) electrons. The number of nitrogens with zero attached hydrogens (tertiary/aromatic N) is 1. The fraction of sp³-hybridized carbons (Fsp3) is 0.438. The van der Waals surface area contributed by atoms with Gasteiger partial charge in [-0.15, -0.1) is 0 Å². The standard InChI is InChI=1S/C16H19F3N2OS/c17-16(18,19)14-6-4-12(5-7-14)10-22-8-2-1-3-13-9-21-15(20)23-11-13/h4-7,9H,1-3,8,10-11H2,(H2,20,21). The second-order valence-electron chi connectivity index (χ2n) is 5.25. The molecule has 7 heteroatoms. The number of hydrogen-bond donors (Lipinski definition) is 1. The van der Waals surface area contributed by atoms with E-state index in [1.807, 2.05) is 6.20 Å². The predicted molar refractivity (Wildman–Crippen MR) is 87.1 cm³/mol. The molecular formula is C16H19F3N2OS. The molecule has 0 saturated carbocycles. The minimum absolute atomic E-state index is 0.331. The molecule has 0 aromatic heterocycles. The molecule has 0 saturated heterocycles. The van der Waals surface area contributed by atoms with Crippen LogP contribution in [0.25, 0.3) is 0 Å². The van der Waals surface area contributed by atoms with Gasteiger partial charge in [-0.25, -0.2) is 4.99 Å². The average molecular weight is 344 g/mol. The maximum absolute atomic E-state index is 12.4. The van der Waals surface area contributed by atoms with Crippen LogP contribution >= 0.6 is 11.8 Å². The summed E-state index contributed by atoms with van der Waals surface area (Å²) in [5.74, 6) is 0.891. The Bertz CT molecular complexity index is 568. The van der Waals surface area contributed by atoms with Crippen LogP contribution in [0, 0.1) is 0 Å². The first kappa shape index (κ1) is 17.9. The minimum Gasteiger partial charge on any atom is -0.378 e. The number of ether oxygens (including phenoxy) is 1. The summed E-state index contributed by atoms with van der Waals surface area (Å²) in [5, 5.41) is 0.605. The van der Waals surface area contributed by atoms with Crippen LogP contribution in [-0.2, 0) is 17.5 Å². The van der Waals surface area contributed by atoms with E-state index in [2.05, 4.69) is 4.99 Å². The van der Waals surface area contributed by atoms with E-state index in [4.69, 9.17) is 10.5 Å². The SMILES string of the molecule is NC1=NC=C(CCCCOCc2ccc(C(F)(F)F)cc2)CS1. The number of amidine groups is 1. The zero-order valence-corrected chi connectivity index (χ0v) is 13.4. The van der Waals surface area contributed by atoms with Crippen LogP contribution in [0.2, 0.25) is 0 Å². The number of benzene rings is 1. The van der Waals surface area contributed by atoms with E-state index in [9.17, 15) is 13.2 Å². The van der Waals surface area contributed by atoms with Crippen LogP contribution in [0.1, 0.15) is 30.4 Å². The number of thioether (sulfide) groups is 1. The molecule has 1 aliphatic heterocycles. The van der Waals surface area contributed by atoms with Crippen molar-refractivity contribution in [3.05, 3.63) is 47.2 Å². The van der Waals surface area contributed by atoms with Crippen molar-refractivity contribution in [1.29, 1.82) is 0 Å². The highest BCUT2D eigenvalue weighted by atomic mass is 32.2. The molecule has 0 unspecified atom stereocenters. The molecule has 1 aliphatic rings. The van der Waals surface area contributed by atoms with Gasteiger partial charge in [-0.2, -0.15) is 13.2 Å². The Morgan fingerprint density at radius 2 is 1.91 bits per heavy atom. The number of nitrogens with two attached hydrogens (primary N) is 1. The van der Waals surface area contributed by atoms with E-state index in [0.29, 0.717) is 18.4 Å². The maximum atomic E-state index is 12.4. The zero-order chi connectivity index (χ0) is 16.7. The van der Waals surface area contributed by atoms with Gasteiger partial charge in [0.05, 0.1) is 12.2 Å². The fourth-order valence-electron chi connectivity index (χ4n) is 2.07. The summed E-state index contributed by atoms with van der Waals surface area (Å²) in [7, 11) is 0. The van der Waals surface area contributed by atoms with Crippen molar-refractivity contribution in [2.75, 3.05) is 12.4 Å². The summed E-state index contributed by atoms with van der Waals surface area (Å²) in [5.41, 5.74) is 6.94. The highest BCUT2D eigenvalue weighted by Crippen LogP contribution is 2.29. The van der Waals surface area contributed by atoms with Crippen LogP contribution < -0.4 is 5.73 Å². The molecule has 0 spiro atoms. The van der Waals surface area contributed by atoms with Crippen LogP contribution in [0.5, 0.6) is 0 Å². The smallest absolute Gasteiger partial charge is 0.378 e. The third kappa shape index (κ3) is 6.27. The molecule has 1 aromatic rings. The Morgan fingerprint density at radius 1 is 1.17 bits per heavy atom. The Hall–Kier alpha value is -1.47. The molecule has 2 rings (SSSR count). The van der Waals surface area contributed by atoms with Gasteiger partial charge in [-0.05, 0) is 42.5 Å². The fourth-order valence-corrected chi connectivity index (χ4v) is 2.75. The van der Waals surface area contributed by atoms with Gasteiger partial charge in [0.15, 0.2) is 5.17 Å². The molecule has 0 amide bonds. The molecule has 1 heterocycles. The lowest BCUT2D eigenvalue weighted by molar-refractivity contribution is -0.137. The lowest BCUT2D eigenvalue weighted by Gasteiger charge is -2.10. The van der Waals surface area contributed by atoms with E-state index >= 15 is 0 Å². The van der Waals surface area contributed by atoms with Gasteiger partial charge >= 0.3 is 6.18 Å². The first-order valence-corrected chi connectivity index (χ1v) is 8.31. The first-order chi connectivity index (χ1) is 10.9. The van der Waals surface area contributed by atoms with Crippen LogP contribution in [0.4, 0.5) is 13.2 Å². The summed E-state index contributed by atoms with van der Waals surface area (Å²) in [4.78, 5) is 4.07. The molecule has 1 aromatic carbocycles. The van der Waals surface area contributed by atoms with Gasteiger partial charge in [-0.3, -0.25) is 0 Å². The molecule has 3 nitrogen and oxygen atoms in total. The van der Waals surface area contributed by atoms with E-state index in [-0.39, 0.29) is 0 Å². The van der Waals surface area contributed by atoms with Gasteiger partial charge in [0, 0.05) is 18.6 Å². The number of hydrogen-bond acceptors (Lipinski definition) is 4. The van der Waals surface area contributed by atoms with Crippen molar-refractivity contribution in [2.24, 2.45) is 10.7 Å². The van der Waals surface area contributed by atoms with Crippen molar-refractivity contribution in [2.45, 2.75) is 32.0 Å². The molecule has 0 bridgehead atoms. The Morgan fingerprint density at radius 3 is 2.52 bits per heavy atom. The summed E-state index contributed by atoms with van der Waals surface area (Å²) >= 11 is 1.54. The van der Waals surface area contributed by atoms with Crippen LogP contribution in [0.15, 0.2) is 41.0 Å². The van der Waals surface area contributed by atoms with Crippen LogP contribution in [0.3, 0.4) is 0 Å². The number of alkyl halides is 3. The maximum Gasteiger partial charge on any atom is 0.416 e. The lowest BCUT2D eigenvalue weighted by atomic mass is 10.1. The largest absolute Gasteiger partial charge is 0.416 e. The summed E-state index contributed by atoms with van der Waals surface area (Å²) in [6.07, 6.45) is 0.402. The molecule has 0 fully saturated rings. The molecular weight excluding hydrogens is 325 g/mol. The highest BCUT2D eigenvalue weighted by Gasteiger charge is 2.29. The summed E-state index contributed by atoms with van der Waals surface area (Å²) in [6, 6.07) is 5.07. The molecule has 0 aliphatic carbocycles. The molecule has 126 valence electrons. The summed E-state index contributed by atoms with van der Waals surface area (Å²) < 4.78 is 42.8. The van der Waals surface area contributed by atoms with Crippen molar-refractivity contribution in [1.82, 2.24) is 0 Å². The van der Waals surface area contributed by atoms with E-state index in [0.717, 1.165) is 42.7 Å². The van der Waals surface area contributed by atoms with Crippen molar-refractivity contribution < 1.29 is 17.9 Å². The van der Waals surface area contributed by atoms with Crippen molar-refractivity contribution in [3.63, 3.8) is 0 Å². The van der Waals surface area contributed by atoms with Gasteiger partial charge in [0.2, 0.25) is 0 Å². The lowest BCUT2D eigenvalue weighted by Crippen LogP contribution is -2.10.